The highest BCUT2D eigenvalue weighted by atomic mass is 16.5. The molecule has 0 saturated carbocycles. The first-order valence-corrected chi connectivity index (χ1v) is 14.3. The fraction of sp³-hybridized carbons (Fsp3) is 0.529. The first-order chi connectivity index (χ1) is 17.8. The van der Waals surface area contributed by atoms with Crippen LogP contribution in [0.3, 0.4) is 0 Å². The van der Waals surface area contributed by atoms with Crippen LogP contribution in [0.25, 0.3) is 0 Å². The minimum Gasteiger partial charge on any atom is -0.494 e. The Morgan fingerprint density at radius 1 is 0.444 bits per heavy atom. The number of benzene rings is 2. The van der Waals surface area contributed by atoms with Gasteiger partial charge in [-0.25, -0.2) is 0 Å². The van der Waals surface area contributed by atoms with Crippen LogP contribution >= 0.6 is 0 Å². The smallest absolute Gasteiger partial charge is 0.119 e. The molecule has 2 rings (SSSR count). The minimum atomic E-state index is 0.760. The van der Waals surface area contributed by atoms with Gasteiger partial charge in [0.25, 0.3) is 0 Å². The molecule has 0 saturated heterocycles. The molecule has 0 heterocycles. The SMILES string of the molecule is CCCCCCCCCCCCCCOc1ccc(C#CC#Cc2ccc(OCCCC)cc2)cc1. The molecule has 2 aromatic rings. The van der Waals surface area contributed by atoms with Crippen LogP contribution in [0.1, 0.15) is 115 Å². The van der Waals surface area contributed by atoms with E-state index in [1.807, 2.05) is 48.5 Å². The molecule has 194 valence electrons. The molecule has 0 aromatic heterocycles. The van der Waals surface area contributed by atoms with Crippen LogP contribution in [0, 0.1) is 23.7 Å². The monoisotopic (exact) mass is 486 g/mol. The van der Waals surface area contributed by atoms with Crippen molar-refractivity contribution in [3.8, 4) is 35.2 Å². The van der Waals surface area contributed by atoms with E-state index >= 15 is 0 Å². The summed E-state index contributed by atoms with van der Waals surface area (Å²) >= 11 is 0. The second kappa shape index (κ2) is 20.4. The fourth-order valence-corrected chi connectivity index (χ4v) is 3.94. The summed E-state index contributed by atoms with van der Waals surface area (Å²) in [5.74, 6) is 13.9. The van der Waals surface area contributed by atoms with Crippen molar-refractivity contribution in [3.05, 3.63) is 59.7 Å². The first-order valence-electron chi connectivity index (χ1n) is 14.3. The van der Waals surface area contributed by atoms with Crippen molar-refractivity contribution in [3.63, 3.8) is 0 Å². The molecule has 0 atom stereocenters. The van der Waals surface area contributed by atoms with Gasteiger partial charge in [-0.15, -0.1) is 0 Å². The Morgan fingerprint density at radius 2 is 0.806 bits per heavy atom. The van der Waals surface area contributed by atoms with E-state index < -0.39 is 0 Å². The molecule has 0 aliphatic rings. The Hall–Kier alpha value is -2.84. The maximum Gasteiger partial charge on any atom is 0.119 e. The summed E-state index contributed by atoms with van der Waals surface area (Å²) in [6.45, 7) is 5.99. The van der Waals surface area contributed by atoms with Gasteiger partial charge in [0.05, 0.1) is 13.2 Å². The first kappa shape index (κ1) is 29.4. The Labute approximate surface area is 221 Å². The zero-order chi connectivity index (χ0) is 25.5. The average Bonchev–Trinajstić information content (AvgIpc) is 2.91. The topological polar surface area (TPSA) is 18.5 Å². The quantitative estimate of drug-likeness (QED) is 0.154. The predicted molar refractivity (Wildman–Crippen MR) is 154 cm³/mol. The van der Waals surface area contributed by atoms with Crippen molar-refractivity contribution in [1.29, 1.82) is 0 Å². The van der Waals surface area contributed by atoms with Crippen LogP contribution in [0.5, 0.6) is 11.5 Å². The van der Waals surface area contributed by atoms with Crippen LogP contribution < -0.4 is 9.47 Å². The van der Waals surface area contributed by atoms with Gasteiger partial charge in [0.15, 0.2) is 0 Å². The molecule has 0 bridgehead atoms. The molecule has 0 aliphatic heterocycles. The summed E-state index contributed by atoms with van der Waals surface area (Å²) in [6.07, 6.45) is 18.5. The van der Waals surface area contributed by atoms with Crippen LogP contribution in [-0.4, -0.2) is 13.2 Å². The van der Waals surface area contributed by atoms with E-state index in [1.54, 1.807) is 0 Å². The molecule has 0 amide bonds. The standard InChI is InChI=1S/C34H46O2/c1-3-5-7-8-9-10-11-12-13-14-15-18-30-36-34-27-23-32(24-28-34)20-17-16-19-31-21-25-33(26-22-31)35-29-6-4-2/h21-28H,3-15,18,29-30H2,1-2H3. The lowest BCUT2D eigenvalue weighted by molar-refractivity contribution is 0.304. The summed E-state index contributed by atoms with van der Waals surface area (Å²) in [4.78, 5) is 0. The summed E-state index contributed by atoms with van der Waals surface area (Å²) in [5, 5.41) is 0. The van der Waals surface area contributed by atoms with Gasteiger partial charge in [-0.1, -0.05) is 103 Å². The third-order valence-corrected chi connectivity index (χ3v) is 6.22. The lowest BCUT2D eigenvalue weighted by Gasteiger charge is -2.06. The lowest BCUT2D eigenvalue weighted by Crippen LogP contribution is -1.97. The maximum atomic E-state index is 5.89. The van der Waals surface area contributed by atoms with E-state index in [4.69, 9.17) is 9.47 Å². The van der Waals surface area contributed by atoms with E-state index in [0.29, 0.717) is 0 Å². The van der Waals surface area contributed by atoms with E-state index in [9.17, 15) is 0 Å². The summed E-state index contributed by atoms with van der Waals surface area (Å²) in [5.41, 5.74) is 1.88. The molecule has 0 spiro atoms. The van der Waals surface area contributed by atoms with Crippen LogP contribution in [0.15, 0.2) is 48.5 Å². The molecule has 2 nitrogen and oxygen atoms in total. The molecule has 0 aliphatic carbocycles. The van der Waals surface area contributed by atoms with Crippen molar-refractivity contribution >= 4 is 0 Å². The van der Waals surface area contributed by atoms with Crippen LogP contribution in [0.2, 0.25) is 0 Å². The Balaban J connectivity index is 1.55. The highest BCUT2D eigenvalue weighted by Crippen LogP contribution is 2.15. The number of hydrogen-bond donors (Lipinski definition) is 0. The highest BCUT2D eigenvalue weighted by molar-refractivity contribution is 5.46. The van der Waals surface area contributed by atoms with Crippen molar-refractivity contribution in [1.82, 2.24) is 0 Å². The van der Waals surface area contributed by atoms with Gasteiger partial charge in [0.2, 0.25) is 0 Å². The number of rotatable bonds is 18. The molecular formula is C34H46O2. The number of hydrogen-bond acceptors (Lipinski definition) is 2. The summed E-state index contributed by atoms with van der Waals surface area (Å²) < 4.78 is 11.6. The van der Waals surface area contributed by atoms with Crippen molar-refractivity contribution in [2.45, 2.75) is 104 Å². The number of ether oxygens (including phenoxy) is 2. The van der Waals surface area contributed by atoms with Gasteiger partial charge in [0, 0.05) is 11.1 Å². The minimum absolute atomic E-state index is 0.760. The second-order valence-electron chi connectivity index (χ2n) is 9.49. The van der Waals surface area contributed by atoms with Gasteiger partial charge in [-0.3, -0.25) is 0 Å². The van der Waals surface area contributed by atoms with Gasteiger partial charge in [-0.05, 0) is 73.2 Å². The Morgan fingerprint density at radius 3 is 1.22 bits per heavy atom. The van der Waals surface area contributed by atoms with E-state index in [1.165, 1.54) is 70.6 Å². The van der Waals surface area contributed by atoms with Crippen molar-refractivity contribution < 1.29 is 9.47 Å². The van der Waals surface area contributed by atoms with Crippen LogP contribution in [-0.2, 0) is 0 Å². The molecule has 0 fully saturated rings. The van der Waals surface area contributed by atoms with E-state index in [0.717, 1.165) is 55.1 Å². The van der Waals surface area contributed by atoms with Gasteiger partial charge < -0.3 is 9.47 Å². The Kier molecular flexibility index (Phi) is 16.6. The molecular weight excluding hydrogens is 440 g/mol. The van der Waals surface area contributed by atoms with Crippen LogP contribution in [0.4, 0.5) is 0 Å². The molecule has 2 heteroatoms. The Bertz CT molecular complexity index is 920. The van der Waals surface area contributed by atoms with E-state index in [2.05, 4.69) is 37.5 Å². The molecule has 0 N–H and O–H groups in total. The third-order valence-electron chi connectivity index (χ3n) is 6.22. The maximum absolute atomic E-state index is 5.89. The lowest BCUT2D eigenvalue weighted by atomic mass is 10.1. The summed E-state index contributed by atoms with van der Waals surface area (Å²) in [7, 11) is 0. The zero-order valence-corrected chi connectivity index (χ0v) is 22.7. The number of unbranched alkanes of at least 4 members (excludes halogenated alkanes) is 12. The second-order valence-corrected chi connectivity index (χ2v) is 9.49. The largest absolute Gasteiger partial charge is 0.494 e. The van der Waals surface area contributed by atoms with E-state index in [-0.39, 0.29) is 0 Å². The third kappa shape index (κ3) is 14.5. The average molecular weight is 487 g/mol. The summed E-state index contributed by atoms with van der Waals surface area (Å²) in [6, 6.07) is 15.8. The van der Waals surface area contributed by atoms with Gasteiger partial charge >= 0.3 is 0 Å². The molecule has 2 aromatic carbocycles. The predicted octanol–water partition coefficient (Wildman–Crippen LogP) is 9.35. The fourth-order valence-electron chi connectivity index (χ4n) is 3.94. The van der Waals surface area contributed by atoms with Crippen molar-refractivity contribution in [2.24, 2.45) is 0 Å². The van der Waals surface area contributed by atoms with Gasteiger partial charge in [0.1, 0.15) is 11.5 Å². The molecule has 36 heavy (non-hydrogen) atoms. The normalized spacial score (nSPS) is 10.2. The molecule has 0 unspecified atom stereocenters. The highest BCUT2D eigenvalue weighted by Gasteiger charge is 1.96. The van der Waals surface area contributed by atoms with Gasteiger partial charge in [-0.2, -0.15) is 0 Å². The zero-order valence-electron chi connectivity index (χ0n) is 22.7. The molecule has 0 radical (unpaired) electrons. The van der Waals surface area contributed by atoms with Crippen molar-refractivity contribution in [2.75, 3.05) is 13.2 Å².